The molecular formula is C12H14N8O. The third-order valence-electron chi connectivity index (χ3n) is 3.40. The Morgan fingerprint density at radius 2 is 2.38 bits per heavy atom. The third-order valence-corrected chi connectivity index (χ3v) is 3.40. The maximum Gasteiger partial charge on any atom is 0.221 e. The molecule has 9 nitrogen and oxygen atoms in total. The van der Waals surface area contributed by atoms with E-state index in [0.717, 1.165) is 24.3 Å². The van der Waals surface area contributed by atoms with Gasteiger partial charge < -0.3 is 10.1 Å². The van der Waals surface area contributed by atoms with Crippen molar-refractivity contribution in [3.05, 3.63) is 18.6 Å². The van der Waals surface area contributed by atoms with Gasteiger partial charge in [0.2, 0.25) is 5.65 Å². The number of rotatable bonds is 3. The van der Waals surface area contributed by atoms with E-state index in [1.807, 2.05) is 0 Å². The average molecular weight is 286 g/mol. The third kappa shape index (κ3) is 2.36. The van der Waals surface area contributed by atoms with Crippen LogP contribution < -0.4 is 5.32 Å². The first-order valence-corrected chi connectivity index (χ1v) is 6.78. The van der Waals surface area contributed by atoms with Crippen molar-refractivity contribution in [2.75, 3.05) is 19.7 Å². The summed E-state index contributed by atoms with van der Waals surface area (Å²) in [4.78, 5) is 8.88. The molecule has 3 aromatic rings. The van der Waals surface area contributed by atoms with Gasteiger partial charge in [-0.2, -0.15) is 5.10 Å². The summed E-state index contributed by atoms with van der Waals surface area (Å²) in [6, 6.07) is 0. The van der Waals surface area contributed by atoms with Crippen molar-refractivity contribution in [3.8, 4) is 11.3 Å². The highest BCUT2D eigenvalue weighted by molar-refractivity contribution is 5.69. The quantitative estimate of drug-likeness (QED) is 0.674. The van der Waals surface area contributed by atoms with Crippen molar-refractivity contribution < 1.29 is 4.74 Å². The number of aromatic nitrogens is 7. The minimum atomic E-state index is 0.0824. The van der Waals surface area contributed by atoms with Gasteiger partial charge in [-0.3, -0.25) is 5.10 Å². The van der Waals surface area contributed by atoms with Crippen LogP contribution in [0.5, 0.6) is 0 Å². The maximum atomic E-state index is 5.67. The molecule has 108 valence electrons. The van der Waals surface area contributed by atoms with Crippen LogP contribution in [0.1, 0.15) is 0 Å². The fraction of sp³-hybridized carbons (Fsp3) is 0.417. The van der Waals surface area contributed by atoms with E-state index >= 15 is 0 Å². The molecule has 1 aliphatic rings. The number of aromatic amines is 1. The van der Waals surface area contributed by atoms with Crippen molar-refractivity contribution in [2.24, 2.45) is 0 Å². The molecule has 0 aromatic carbocycles. The lowest BCUT2D eigenvalue weighted by Crippen LogP contribution is -2.40. The topological polar surface area (TPSA) is 106 Å². The number of nitrogens with zero attached hydrogens (tertiary/aromatic N) is 6. The van der Waals surface area contributed by atoms with Crippen LogP contribution in [0, 0.1) is 0 Å². The maximum absolute atomic E-state index is 5.67. The van der Waals surface area contributed by atoms with Crippen LogP contribution in [-0.2, 0) is 11.3 Å². The molecule has 3 aromatic heterocycles. The molecule has 0 radical (unpaired) electrons. The first kappa shape index (κ1) is 12.4. The predicted octanol–water partition coefficient (Wildman–Crippen LogP) is -0.400. The van der Waals surface area contributed by atoms with Crippen LogP contribution in [0.25, 0.3) is 22.6 Å². The minimum absolute atomic E-state index is 0.0824. The van der Waals surface area contributed by atoms with E-state index in [4.69, 9.17) is 4.74 Å². The van der Waals surface area contributed by atoms with Crippen molar-refractivity contribution in [2.45, 2.75) is 12.6 Å². The number of fused-ring (bicyclic) bond motifs is 1. The van der Waals surface area contributed by atoms with Crippen LogP contribution in [0.2, 0.25) is 0 Å². The second-order valence-electron chi connectivity index (χ2n) is 4.86. The largest absolute Gasteiger partial charge is 0.374 e. The Bertz CT molecular complexity index is 731. The zero-order valence-corrected chi connectivity index (χ0v) is 11.2. The Labute approximate surface area is 119 Å². The van der Waals surface area contributed by atoms with E-state index in [1.165, 1.54) is 0 Å². The minimum Gasteiger partial charge on any atom is -0.374 e. The fourth-order valence-electron chi connectivity index (χ4n) is 2.34. The first-order chi connectivity index (χ1) is 10.4. The van der Waals surface area contributed by atoms with Gasteiger partial charge in [0.15, 0.2) is 5.65 Å². The standard InChI is InChI=1S/C12H14N8O/c1-2-21-9(5-13-1)7-20-12-11(18-19-20)17-10(6-14-12)8-3-15-16-4-8/h3-4,6,9,13H,1-2,5,7H2,(H,15,16)/t9-/m0/s1. The molecular weight excluding hydrogens is 272 g/mol. The Kier molecular flexibility index (Phi) is 3.05. The Hall–Kier alpha value is -2.39. The van der Waals surface area contributed by atoms with Crippen LogP contribution >= 0.6 is 0 Å². The number of nitrogens with one attached hydrogen (secondary N) is 2. The highest BCUT2D eigenvalue weighted by atomic mass is 16.5. The highest BCUT2D eigenvalue weighted by Crippen LogP contribution is 2.16. The lowest BCUT2D eigenvalue weighted by atomic mass is 10.3. The second kappa shape index (κ2) is 5.19. The van der Waals surface area contributed by atoms with Crippen LogP contribution in [-0.4, -0.2) is 61.0 Å². The lowest BCUT2D eigenvalue weighted by molar-refractivity contribution is 0.0165. The lowest BCUT2D eigenvalue weighted by Gasteiger charge is -2.23. The molecule has 0 amide bonds. The number of hydrogen-bond acceptors (Lipinski definition) is 7. The van der Waals surface area contributed by atoms with Gasteiger partial charge >= 0.3 is 0 Å². The van der Waals surface area contributed by atoms with Gasteiger partial charge in [0.25, 0.3) is 0 Å². The van der Waals surface area contributed by atoms with E-state index < -0.39 is 0 Å². The van der Waals surface area contributed by atoms with Crippen molar-refractivity contribution in [1.82, 2.24) is 40.5 Å². The monoisotopic (exact) mass is 286 g/mol. The zero-order valence-electron chi connectivity index (χ0n) is 11.2. The van der Waals surface area contributed by atoms with Gasteiger partial charge in [-0.15, -0.1) is 5.10 Å². The molecule has 2 N–H and O–H groups in total. The SMILES string of the molecule is c1n[nH]cc1-c1cnc2c(nnn2C[C@@H]2CNCCO2)n1. The molecule has 0 spiro atoms. The summed E-state index contributed by atoms with van der Waals surface area (Å²) in [5, 5.41) is 18.2. The molecule has 4 heterocycles. The molecule has 1 saturated heterocycles. The van der Waals surface area contributed by atoms with E-state index in [1.54, 1.807) is 23.3 Å². The van der Waals surface area contributed by atoms with Crippen molar-refractivity contribution in [3.63, 3.8) is 0 Å². The molecule has 4 rings (SSSR count). The number of morpholine rings is 1. The van der Waals surface area contributed by atoms with Crippen molar-refractivity contribution in [1.29, 1.82) is 0 Å². The second-order valence-corrected chi connectivity index (χ2v) is 4.86. The smallest absolute Gasteiger partial charge is 0.221 e. The van der Waals surface area contributed by atoms with Gasteiger partial charge in [0, 0.05) is 24.8 Å². The summed E-state index contributed by atoms with van der Waals surface area (Å²) in [7, 11) is 0. The van der Waals surface area contributed by atoms with Gasteiger partial charge in [0.1, 0.15) is 0 Å². The van der Waals surface area contributed by atoms with E-state index in [0.29, 0.717) is 24.4 Å². The summed E-state index contributed by atoms with van der Waals surface area (Å²) in [5.41, 5.74) is 2.78. The summed E-state index contributed by atoms with van der Waals surface area (Å²) in [6.45, 7) is 3.03. The molecule has 0 bridgehead atoms. The molecule has 1 atom stereocenters. The molecule has 1 aliphatic heterocycles. The van der Waals surface area contributed by atoms with Gasteiger partial charge in [0.05, 0.1) is 37.3 Å². The van der Waals surface area contributed by atoms with Gasteiger partial charge in [-0.05, 0) is 0 Å². The molecule has 0 unspecified atom stereocenters. The van der Waals surface area contributed by atoms with Gasteiger partial charge in [-0.25, -0.2) is 14.6 Å². The Morgan fingerprint density at radius 3 is 3.19 bits per heavy atom. The summed E-state index contributed by atoms with van der Waals surface area (Å²) < 4.78 is 7.41. The molecule has 9 heteroatoms. The number of hydrogen-bond donors (Lipinski definition) is 2. The van der Waals surface area contributed by atoms with Crippen molar-refractivity contribution >= 4 is 11.3 Å². The summed E-state index contributed by atoms with van der Waals surface area (Å²) in [6.07, 6.45) is 5.25. The summed E-state index contributed by atoms with van der Waals surface area (Å²) >= 11 is 0. The highest BCUT2D eigenvalue weighted by Gasteiger charge is 2.17. The average Bonchev–Trinajstić information content (AvgIpc) is 3.18. The van der Waals surface area contributed by atoms with Crippen LogP contribution in [0.15, 0.2) is 18.6 Å². The predicted molar refractivity (Wildman–Crippen MR) is 73.3 cm³/mol. The Morgan fingerprint density at radius 1 is 1.38 bits per heavy atom. The molecule has 0 saturated carbocycles. The van der Waals surface area contributed by atoms with Gasteiger partial charge in [-0.1, -0.05) is 5.21 Å². The normalized spacial score (nSPS) is 19.1. The Balaban J connectivity index is 1.62. The van der Waals surface area contributed by atoms with Crippen LogP contribution in [0.4, 0.5) is 0 Å². The van der Waals surface area contributed by atoms with E-state index in [9.17, 15) is 0 Å². The summed E-state index contributed by atoms with van der Waals surface area (Å²) in [5.74, 6) is 0. The van der Waals surface area contributed by atoms with Crippen LogP contribution in [0.3, 0.4) is 0 Å². The molecule has 21 heavy (non-hydrogen) atoms. The van der Waals surface area contributed by atoms with E-state index in [-0.39, 0.29) is 6.10 Å². The first-order valence-electron chi connectivity index (χ1n) is 6.78. The number of ether oxygens (including phenoxy) is 1. The zero-order chi connectivity index (χ0) is 14.1. The fourth-order valence-corrected chi connectivity index (χ4v) is 2.34. The van der Waals surface area contributed by atoms with E-state index in [2.05, 4.69) is 35.8 Å². The molecule has 1 fully saturated rings. The molecule has 0 aliphatic carbocycles. The number of H-pyrrole nitrogens is 1.